The van der Waals surface area contributed by atoms with E-state index in [1.54, 1.807) is 5.57 Å². The minimum Gasteiger partial charge on any atom is -0.481 e. The second-order valence-corrected chi connectivity index (χ2v) is 19.3. The van der Waals surface area contributed by atoms with E-state index in [0.717, 1.165) is 45.3 Å². The van der Waals surface area contributed by atoms with Crippen molar-refractivity contribution in [2.75, 3.05) is 25.1 Å². The van der Waals surface area contributed by atoms with Crippen molar-refractivity contribution >= 4 is 17.8 Å². The minimum atomic E-state index is -0.588. The molecule has 0 radical (unpaired) electrons. The third-order valence-electron chi connectivity index (χ3n) is 15.9. The smallest absolute Gasteiger partial charge is 0.307 e. The number of H-pyrrole nitrogens is 1. The fourth-order valence-electron chi connectivity index (χ4n) is 12.2. The topological polar surface area (TPSA) is 165 Å². The van der Waals surface area contributed by atoms with Crippen molar-refractivity contribution in [3.05, 3.63) is 11.6 Å². The molecule has 1 aromatic rings. The SMILES string of the molecule is CC(=O)Nc1nn[nH]n1.CC(C)[C@@H](C)[C@@]1(C)CC[C@]2(C)[C@H]3CC[C@@H]4[C@@]5(COC[C@]4(C)[C@@H](OC[C@](C)(N)C(C)C)[C@H](C)C5)C3=CC[C@@]2(C)[C@@H]1C(=O)O. The van der Waals surface area contributed by atoms with Gasteiger partial charge in [0.05, 0.1) is 31.8 Å². The third-order valence-corrected chi connectivity index (χ3v) is 15.9. The van der Waals surface area contributed by atoms with Crippen molar-refractivity contribution in [3.63, 3.8) is 0 Å². The molecule has 3 saturated carbocycles. The molecule has 5 N–H and O–H groups in total. The number of nitrogens with one attached hydrogen (secondary N) is 2. The number of aromatic nitrogens is 4. The second-order valence-electron chi connectivity index (χ2n) is 19.3. The Hall–Kier alpha value is -2.37. The molecule has 11 heteroatoms. The number of carbonyl (C=O) groups excluding carboxylic acids is 1. The molecule has 1 aliphatic heterocycles. The lowest BCUT2D eigenvalue weighted by Gasteiger charge is -2.71. The Bertz CT molecular complexity index is 1460. The average Bonchev–Trinajstić information content (AvgIpc) is 3.53. The van der Waals surface area contributed by atoms with E-state index in [2.05, 4.69) is 108 Å². The van der Waals surface area contributed by atoms with Gasteiger partial charge < -0.3 is 20.3 Å². The van der Waals surface area contributed by atoms with Gasteiger partial charge in [-0.3, -0.25) is 14.9 Å². The van der Waals surface area contributed by atoms with Crippen LogP contribution in [0.3, 0.4) is 0 Å². The van der Waals surface area contributed by atoms with Gasteiger partial charge in [-0.15, -0.1) is 5.10 Å². The van der Waals surface area contributed by atoms with E-state index in [1.165, 1.54) is 13.3 Å². The lowest BCUT2D eigenvalue weighted by Crippen LogP contribution is -2.69. The van der Waals surface area contributed by atoms with Crippen LogP contribution in [0.15, 0.2) is 11.6 Å². The number of allylic oxidation sites excluding steroid dienone is 1. The number of carbonyl (C=O) groups is 2. The van der Waals surface area contributed by atoms with Crippen LogP contribution in [0, 0.1) is 68.5 Å². The van der Waals surface area contributed by atoms with Gasteiger partial charge in [-0.25, -0.2) is 0 Å². The predicted octanol–water partition coefficient (Wildman–Crippen LogP) is 7.13. The van der Waals surface area contributed by atoms with Crippen LogP contribution in [-0.4, -0.2) is 69.1 Å². The number of hydrogen-bond donors (Lipinski definition) is 4. The number of carboxylic acid groups (broad SMARTS) is 1. The Morgan fingerprint density at radius 2 is 1.80 bits per heavy atom. The van der Waals surface area contributed by atoms with Crippen LogP contribution in [0.25, 0.3) is 0 Å². The van der Waals surface area contributed by atoms with Crippen molar-refractivity contribution in [1.82, 2.24) is 20.6 Å². The molecule has 0 unspecified atom stereocenters. The van der Waals surface area contributed by atoms with E-state index in [0.29, 0.717) is 42.1 Å². The summed E-state index contributed by atoms with van der Waals surface area (Å²) in [5.41, 5.74) is 7.38. The lowest BCUT2D eigenvalue weighted by molar-refractivity contribution is -0.253. The zero-order chi connectivity index (χ0) is 37.9. The summed E-state index contributed by atoms with van der Waals surface area (Å²) in [6.07, 6.45) is 9.03. The van der Waals surface area contributed by atoms with Crippen LogP contribution in [0.5, 0.6) is 0 Å². The molecule has 288 valence electrons. The summed E-state index contributed by atoms with van der Waals surface area (Å²) < 4.78 is 13.4. The summed E-state index contributed by atoms with van der Waals surface area (Å²) in [5, 5.41) is 25.6. The zero-order valence-electron chi connectivity index (χ0n) is 33.6. The first kappa shape index (κ1) is 39.8. The zero-order valence-corrected chi connectivity index (χ0v) is 33.6. The van der Waals surface area contributed by atoms with E-state index in [4.69, 9.17) is 15.2 Å². The van der Waals surface area contributed by atoms with Gasteiger partial charge >= 0.3 is 5.97 Å². The Labute approximate surface area is 306 Å². The van der Waals surface area contributed by atoms with Crippen LogP contribution in [0.4, 0.5) is 5.95 Å². The summed E-state index contributed by atoms with van der Waals surface area (Å²) in [6.45, 7) is 28.8. The maximum atomic E-state index is 13.3. The van der Waals surface area contributed by atoms with Gasteiger partial charge in [-0.2, -0.15) is 5.21 Å². The first-order valence-corrected chi connectivity index (χ1v) is 19.5. The first-order valence-electron chi connectivity index (χ1n) is 19.5. The maximum absolute atomic E-state index is 13.3. The van der Waals surface area contributed by atoms with Gasteiger partial charge in [0.2, 0.25) is 5.91 Å². The van der Waals surface area contributed by atoms with Gasteiger partial charge in [0.1, 0.15) is 0 Å². The largest absolute Gasteiger partial charge is 0.481 e. The highest BCUT2D eigenvalue weighted by molar-refractivity contribution is 5.86. The van der Waals surface area contributed by atoms with Crippen LogP contribution < -0.4 is 11.1 Å². The van der Waals surface area contributed by atoms with Crippen molar-refractivity contribution in [2.45, 2.75) is 133 Å². The number of tetrazole rings is 1. The monoisotopic (exact) mass is 713 g/mol. The standard InChI is InChI=1S/C37H63NO4.C3H5N5O/c1-22(2)25(6)32(7)16-17-34(9)26-12-13-28-33(8)19-41-21-37(28,27(26)14-15-35(34,10)29(32)31(39)40)18-24(5)30(33)42-20-36(11,38)23(3)4;1-2(9)4-3-5-7-8-6-3/h14,22-26,28-30H,12-13,15-21,38H2,1-11H3,(H,39,40);1H3,(H2,4,5,6,7,8,9)/t24-,25-,26+,28+,29-,30+,32-,33+,34-,35+,36+,37+;/m1./s1. The third kappa shape index (κ3) is 6.38. The predicted molar refractivity (Wildman–Crippen MR) is 198 cm³/mol. The van der Waals surface area contributed by atoms with Crippen molar-refractivity contribution in [3.8, 4) is 0 Å². The number of nitrogens with zero attached hydrogens (tertiary/aromatic N) is 3. The molecule has 4 fully saturated rings. The van der Waals surface area contributed by atoms with Crippen LogP contribution >= 0.6 is 0 Å². The molecule has 0 aromatic carbocycles. The molecule has 6 rings (SSSR count). The molecule has 5 aliphatic rings. The molecule has 2 bridgehead atoms. The number of anilines is 1. The van der Waals surface area contributed by atoms with E-state index in [-0.39, 0.29) is 56.5 Å². The number of amides is 1. The number of aromatic amines is 1. The van der Waals surface area contributed by atoms with Crippen molar-refractivity contribution < 1.29 is 24.2 Å². The number of carboxylic acids is 1. The molecule has 1 saturated heterocycles. The Balaban J connectivity index is 0.000000488. The van der Waals surface area contributed by atoms with Gasteiger partial charge in [0.25, 0.3) is 5.95 Å². The molecule has 11 nitrogen and oxygen atoms in total. The number of ether oxygens (including phenoxy) is 2. The Morgan fingerprint density at radius 1 is 1.12 bits per heavy atom. The summed E-state index contributed by atoms with van der Waals surface area (Å²) in [7, 11) is 0. The van der Waals surface area contributed by atoms with E-state index in [1.807, 2.05) is 0 Å². The van der Waals surface area contributed by atoms with Gasteiger partial charge in [0, 0.05) is 23.3 Å². The molecule has 51 heavy (non-hydrogen) atoms. The van der Waals surface area contributed by atoms with Crippen LogP contribution in [0.1, 0.15) is 122 Å². The maximum Gasteiger partial charge on any atom is 0.307 e. The molecule has 0 spiro atoms. The van der Waals surface area contributed by atoms with Gasteiger partial charge in [0.15, 0.2) is 0 Å². The minimum absolute atomic E-state index is 0.0221. The summed E-state index contributed by atoms with van der Waals surface area (Å²) in [6, 6.07) is 0. The number of rotatable bonds is 8. The number of nitrogens with two attached hydrogens (primary N) is 1. The molecule has 1 amide bonds. The Kier molecular flexibility index (Phi) is 10.8. The van der Waals surface area contributed by atoms with Gasteiger partial charge in [-0.1, -0.05) is 86.0 Å². The average molecular weight is 713 g/mol. The Morgan fingerprint density at radius 3 is 2.37 bits per heavy atom. The fraction of sp³-hybridized carbons (Fsp3) is 0.875. The summed E-state index contributed by atoms with van der Waals surface area (Å²) in [5.74, 6) is 1.55. The van der Waals surface area contributed by atoms with Crippen molar-refractivity contribution in [1.29, 1.82) is 0 Å². The summed E-state index contributed by atoms with van der Waals surface area (Å²) in [4.78, 5) is 23.6. The number of fused-ring (bicyclic) bond motifs is 3. The van der Waals surface area contributed by atoms with Crippen LogP contribution in [0.2, 0.25) is 0 Å². The number of aliphatic carboxylic acids is 1. The first-order chi connectivity index (χ1) is 23.6. The van der Waals surface area contributed by atoms with Gasteiger partial charge in [-0.05, 0) is 102 Å². The molecular formula is C40H68N6O5. The fourth-order valence-corrected chi connectivity index (χ4v) is 12.2. The number of hydrogen-bond acceptors (Lipinski definition) is 8. The van der Waals surface area contributed by atoms with E-state index >= 15 is 0 Å². The second kappa shape index (κ2) is 13.8. The molecule has 1 aromatic heterocycles. The molecule has 12 atom stereocenters. The lowest BCUT2D eigenvalue weighted by atomic mass is 9.34. The van der Waals surface area contributed by atoms with E-state index in [9.17, 15) is 14.7 Å². The normalized spacial score (nSPS) is 41.9. The highest BCUT2D eigenvalue weighted by atomic mass is 16.5. The van der Waals surface area contributed by atoms with Crippen LogP contribution in [-0.2, 0) is 19.1 Å². The summed E-state index contributed by atoms with van der Waals surface area (Å²) >= 11 is 0. The molecule has 4 aliphatic carbocycles. The highest BCUT2D eigenvalue weighted by Crippen LogP contribution is 2.75. The van der Waals surface area contributed by atoms with E-state index < -0.39 is 5.97 Å². The molecule has 2 heterocycles. The molecular weight excluding hydrogens is 644 g/mol. The van der Waals surface area contributed by atoms with Crippen molar-refractivity contribution in [2.24, 2.45) is 74.2 Å². The quantitative estimate of drug-likeness (QED) is 0.205. The highest BCUT2D eigenvalue weighted by Gasteiger charge is 2.71.